The van der Waals surface area contributed by atoms with Gasteiger partial charge in [0.05, 0.1) is 6.42 Å². The van der Waals surface area contributed by atoms with E-state index in [1.54, 1.807) is 24.5 Å². The summed E-state index contributed by atoms with van der Waals surface area (Å²) >= 11 is 0. The fourth-order valence-electron chi connectivity index (χ4n) is 3.21. The Labute approximate surface area is 117 Å². The lowest BCUT2D eigenvalue weighted by molar-refractivity contribution is -0.141. The van der Waals surface area contributed by atoms with E-state index in [4.69, 9.17) is 0 Å². The van der Waals surface area contributed by atoms with Gasteiger partial charge in [0.1, 0.15) is 0 Å². The molecule has 0 saturated heterocycles. The summed E-state index contributed by atoms with van der Waals surface area (Å²) < 4.78 is 39.5. The minimum Gasteiger partial charge on any atom is -0.345 e. The van der Waals surface area contributed by atoms with Crippen LogP contribution in [0.25, 0.3) is 0 Å². The van der Waals surface area contributed by atoms with Crippen molar-refractivity contribution >= 4 is 5.78 Å². The first kappa shape index (κ1) is 15.1. The second-order valence-corrected chi connectivity index (χ2v) is 6.63. The molecule has 0 bridgehead atoms. The molecule has 1 aliphatic rings. The molecule has 0 aromatic carbocycles. The monoisotopic (exact) mass is 287 g/mol. The molecule has 2 nitrogen and oxygen atoms in total. The first-order chi connectivity index (χ1) is 9.00. The second kappa shape index (κ2) is 4.64. The lowest BCUT2D eigenvalue weighted by Crippen LogP contribution is -2.29. The van der Waals surface area contributed by atoms with Crippen LogP contribution < -0.4 is 0 Å². The molecular weight excluding hydrogens is 267 g/mol. The number of fused-ring (bicyclic) bond motifs is 1. The smallest absolute Gasteiger partial charge is 0.345 e. The van der Waals surface area contributed by atoms with Crippen LogP contribution in [0.15, 0.2) is 6.07 Å². The van der Waals surface area contributed by atoms with Crippen LogP contribution in [0.5, 0.6) is 0 Å². The van der Waals surface area contributed by atoms with Crippen molar-refractivity contribution in [3.05, 3.63) is 23.0 Å². The Morgan fingerprint density at radius 3 is 2.50 bits per heavy atom. The van der Waals surface area contributed by atoms with Crippen molar-refractivity contribution in [3.63, 3.8) is 0 Å². The Hall–Kier alpha value is -1.26. The maximum atomic E-state index is 12.6. The molecule has 0 N–H and O–H groups in total. The first-order valence-corrected chi connectivity index (χ1v) is 6.81. The maximum absolute atomic E-state index is 12.6. The molecule has 0 amide bonds. The van der Waals surface area contributed by atoms with Gasteiger partial charge in [-0.2, -0.15) is 13.2 Å². The highest BCUT2D eigenvalue weighted by atomic mass is 19.4. The summed E-state index contributed by atoms with van der Waals surface area (Å²) in [6, 6.07) is 1.06. The van der Waals surface area contributed by atoms with E-state index in [1.165, 1.54) is 0 Å². The zero-order valence-electron chi connectivity index (χ0n) is 12.3. The van der Waals surface area contributed by atoms with E-state index < -0.39 is 18.6 Å². The normalized spacial score (nSPS) is 19.9. The number of nitrogens with zero attached hydrogens (tertiary/aromatic N) is 1. The fraction of sp³-hybridized carbons (Fsp3) is 0.667. The molecule has 5 heteroatoms. The minimum atomic E-state index is -4.20. The maximum Gasteiger partial charge on any atom is 0.391 e. The molecule has 112 valence electrons. The van der Waals surface area contributed by atoms with E-state index in [-0.39, 0.29) is 11.2 Å². The number of rotatable bonds is 2. The summed E-state index contributed by atoms with van der Waals surface area (Å²) in [4.78, 5) is 12.1. The van der Waals surface area contributed by atoms with Gasteiger partial charge in [-0.05, 0) is 31.7 Å². The average molecular weight is 287 g/mol. The Morgan fingerprint density at radius 2 is 1.95 bits per heavy atom. The lowest BCUT2D eigenvalue weighted by atomic mass is 9.76. The average Bonchev–Trinajstić information content (AvgIpc) is 2.50. The van der Waals surface area contributed by atoms with Crippen LogP contribution in [-0.2, 0) is 6.42 Å². The highest BCUT2D eigenvalue weighted by Crippen LogP contribution is 2.39. The number of alkyl halides is 3. The van der Waals surface area contributed by atoms with Gasteiger partial charge in [-0.3, -0.25) is 4.79 Å². The third-order valence-corrected chi connectivity index (χ3v) is 3.89. The molecule has 0 spiro atoms. The van der Waals surface area contributed by atoms with E-state index in [0.717, 1.165) is 11.4 Å². The molecule has 1 unspecified atom stereocenters. The van der Waals surface area contributed by atoms with Crippen LogP contribution in [0.2, 0.25) is 0 Å². The van der Waals surface area contributed by atoms with Gasteiger partial charge in [-0.1, -0.05) is 13.8 Å². The molecule has 1 atom stereocenters. The number of Topliss-reactive ketones (excluding diaryl/α,β-unsaturated/α-hetero) is 1. The van der Waals surface area contributed by atoms with Gasteiger partial charge in [0, 0.05) is 29.4 Å². The number of carbonyl (C=O) groups is 1. The number of hydrogen-bond acceptors (Lipinski definition) is 1. The quantitative estimate of drug-likeness (QED) is 0.787. The van der Waals surface area contributed by atoms with E-state index in [2.05, 4.69) is 0 Å². The molecule has 0 radical (unpaired) electrons. The molecule has 0 fully saturated rings. The number of halogens is 3. The van der Waals surface area contributed by atoms with Gasteiger partial charge in [-0.15, -0.1) is 0 Å². The zero-order chi connectivity index (χ0) is 15.3. The number of hydrogen-bond donors (Lipinski definition) is 0. The summed E-state index contributed by atoms with van der Waals surface area (Å²) in [5, 5.41) is 0. The predicted molar refractivity (Wildman–Crippen MR) is 71.0 cm³/mol. The van der Waals surface area contributed by atoms with Crippen molar-refractivity contribution < 1.29 is 18.0 Å². The highest BCUT2D eigenvalue weighted by molar-refractivity contribution is 5.99. The summed E-state index contributed by atoms with van der Waals surface area (Å²) in [5.74, 6) is 0.0392. The molecule has 0 aliphatic heterocycles. The molecule has 1 aliphatic carbocycles. The Balaban J connectivity index is 2.43. The number of ketones is 1. The van der Waals surface area contributed by atoms with E-state index >= 15 is 0 Å². The van der Waals surface area contributed by atoms with Crippen molar-refractivity contribution in [2.45, 2.75) is 59.2 Å². The lowest BCUT2D eigenvalue weighted by Gasteiger charge is -2.31. The van der Waals surface area contributed by atoms with Crippen molar-refractivity contribution in [2.24, 2.45) is 5.41 Å². The number of carbonyl (C=O) groups excluding carboxylic acids is 1. The molecular formula is C15H20F3NO. The van der Waals surface area contributed by atoms with Gasteiger partial charge < -0.3 is 4.57 Å². The first-order valence-electron chi connectivity index (χ1n) is 6.81. The molecule has 1 heterocycles. The molecule has 1 aromatic heterocycles. The summed E-state index contributed by atoms with van der Waals surface area (Å²) in [6.07, 6.45) is -3.97. The standard InChI is InChI=1S/C15H20F3NO/c1-9-5-11-12(7-14(3,4)8-13(11)20)19(9)10(2)6-15(16,17)18/h5,10H,6-8H2,1-4H3. The van der Waals surface area contributed by atoms with Crippen LogP contribution in [0, 0.1) is 12.3 Å². The Bertz CT molecular complexity index is 540. The topological polar surface area (TPSA) is 22.0 Å². The number of aromatic nitrogens is 1. The molecule has 0 saturated carbocycles. The van der Waals surface area contributed by atoms with Gasteiger partial charge in [0.15, 0.2) is 5.78 Å². The van der Waals surface area contributed by atoms with Crippen LogP contribution in [0.3, 0.4) is 0 Å². The van der Waals surface area contributed by atoms with Crippen LogP contribution in [0.4, 0.5) is 13.2 Å². The van der Waals surface area contributed by atoms with Crippen molar-refractivity contribution in [1.29, 1.82) is 0 Å². The predicted octanol–water partition coefficient (Wildman–Crippen LogP) is 4.47. The third kappa shape index (κ3) is 2.91. The van der Waals surface area contributed by atoms with Gasteiger partial charge in [0.2, 0.25) is 0 Å². The van der Waals surface area contributed by atoms with Gasteiger partial charge in [0.25, 0.3) is 0 Å². The van der Waals surface area contributed by atoms with E-state index in [0.29, 0.717) is 18.4 Å². The zero-order valence-corrected chi connectivity index (χ0v) is 12.3. The van der Waals surface area contributed by atoms with E-state index in [1.807, 2.05) is 13.8 Å². The van der Waals surface area contributed by atoms with E-state index in [9.17, 15) is 18.0 Å². The van der Waals surface area contributed by atoms with Gasteiger partial charge >= 0.3 is 6.18 Å². The van der Waals surface area contributed by atoms with Crippen LogP contribution >= 0.6 is 0 Å². The SMILES string of the molecule is Cc1cc2c(n1C(C)CC(F)(F)F)CC(C)(C)CC2=O. The molecule has 2 rings (SSSR count). The summed E-state index contributed by atoms with van der Waals surface area (Å²) in [6.45, 7) is 7.29. The van der Waals surface area contributed by atoms with Crippen molar-refractivity contribution in [2.75, 3.05) is 0 Å². The van der Waals surface area contributed by atoms with Gasteiger partial charge in [-0.25, -0.2) is 0 Å². The van der Waals surface area contributed by atoms with Crippen LogP contribution in [-0.4, -0.2) is 16.5 Å². The summed E-state index contributed by atoms with van der Waals surface area (Å²) in [5.41, 5.74) is 1.92. The minimum absolute atomic E-state index is 0.0392. The van der Waals surface area contributed by atoms with Crippen molar-refractivity contribution in [1.82, 2.24) is 4.57 Å². The Kier molecular flexibility index (Phi) is 3.51. The molecule has 20 heavy (non-hydrogen) atoms. The largest absolute Gasteiger partial charge is 0.391 e. The second-order valence-electron chi connectivity index (χ2n) is 6.63. The third-order valence-electron chi connectivity index (χ3n) is 3.89. The van der Waals surface area contributed by atoms with Crippen LogP contribution in [0.1, 0.15) is 61.4 Å². The molecule has 1 aromatic rings. The summed E-state index contributed by atoms with van der Waals surface area (Å²) in [7, 11) is 0. The number of aryl methyl sites for hydroxylation is 1. The highest BCUT2D eigenvalue weighted by Gasteiger charge is 2.37. The fourth-order valence-corrected chi connectivity index (χ4v) is 3.21. The Morgan fingerprint density at radius 1 is 1.35 bits per heavy atom. The van der Waals surface area contributed by atoms with Crippen molar-refractivity contribution in [3.8, 4) is 0 Å².